The molecule has 3 aromatic rings. The molecule has 0 saturated carbocycles. The van der Waals surface area contributed by atoms with Gasteiger partial charge in [0.15, 0.2) is 5.75 Å². The summed E-state index contributed by atoms with van der Waals surface area (Å²) in [5, 5.41) is 30.0. The molecule has 0 aliphatic carbocycles. The van der Waals surface area contributed by atoms with E-state index in [1.807, 2.05) is 30.3 Å². The first-order valence-corrected chi connectivity index (χ1v) is 9.23. The highest BCUT2D eigenvalue weighted by Gasteiger charge is 2.31. The van der Waals surface area contributed by atoms with E-state index in [1.54, 1.807) is 31.2 Å². The number of rotatable bonds is 7. The topological polar surface area (TPSA) is 117 Å². The number of benzene rings is 2. The van der Waals surface area contributed by atoms with Gasteiger partial charge in [-0.05, 0) is 23.3 Å². The fourth-order valence-corrected chi connectivity index (χ4v) is 3.35. The number of nitrogens with zero attached hydrogens (tertiary/aromatic N) is 1. The molecule has 0 radical (unpaired) electrons. The molecule has 1 unspecified atom stereocenters. The van der Waals surface area contributed by atoms with Gasteiger partial charge in [-0.2, -0.15) is 0 Å². The Balaban J connectivity index is 2.20. The van der Waals surface area contributed by atoms with Crippen molar-refractivity contribution in [1.29, 1.82) is 0 Å². The van der Waals surface area contributed by atoms with Gasteiger partial charge in [0.05, 0.1) is 24.1 Å². The molecule has 0 saturated heterocycles. The van der Waals surface area contributed by atoms with Crippen molar-refractivity contribution < 1.29 is 29.6 Å². The van der Waals surface area contributed by atoms with Gasteiger partial charge in [-0.1, -0.05) is 49.4 Å². The van der Waals surface area contributed by atoms with Crippen LogP contribution in [0.4, 0.5) is 0 Å². The van der Waals surface area contributed by atoms with E-state index in [-0.39, 0.29) is 17.8 Å². The molecule has 1 aromatic heterocycles. The van der Waals surface area contributed by atoms with Crippen LogP contribution in [0.2, 0.25) is 0 Å². The molecule has 7 nitrogen and oxygen atoms in total. The average molecular weight is 407 g/mol. The minimum atomic E-state index is -1.52. The zero-order valence-corrected chi connectivity index (χ0v) is 16.5. The number of ether oxygens (including phenoxy) is 1. The van der Waals surface area contributed by atoms with Gasteiger partial charge in [0.25, 0.3) is 0 Å². The van der Waals surface area contributed by atoms with Crippen LogP contribution in [0.1, 0.15) is 56.1 Å². The lowest BCUT2D eigenvalue weighted by Crippen LogP contribution is -2.18. The third kappa shape index (κ3) is 4.10. The summed E-state index contributed by atoms with van der Waals surface area (Å²) in [7, 11) is 1.54. The summed E-state index contributed by atoms with van der Waals surface area (Å²) in [5.74, 6) is -3.51. The highest BCUT2D eigenvalue weighted by atomic mass is 16.5. The molecule has 0 aliphatic rings. The number of carbonyl (C=O) groups is 2. The van der Waals surface area contributed by atoms with Crippen molar-refractivity contribution in [2.24, 2.45) is 0 Å². The van der Waals surface area contributed by atoms with Gasteiger partial charge in [-0.15, -0.1) is 0 Å². The lowest BCUT2D eigenvalue weighted by Gasteiger charge is -2.19. The third-order valence-electron chi connectivity index (χ3n) is 4.94. The first-order valence-electron chi connectivity index (χ1n) is 9.23. The van der Waals surface area contributed by atoms with Crippen molar-refractivity contribution in [3.63, 3.8) is 0 Å². The maximum atomic E-state index is 12.0. The lowest BCUT2D eigenvalue weighted by molar-refractivity contribution is 0.0646. The van der Waals surface area contributed by atoms with Gasteiger partial charge in [-0.3, -0.25) is 4.98 Å². The fraction of sp³-hybridized carbons (Fsp3) is 0.174. The van der Waals surface area contributed by atoms with Crippen LogP contribution in [0.3, 0.4) is 0 Å². The molecule has 30 heavy (non-hydrogen) atoms. The second-order valence-electron chi connectivity index (χ2n) is 6.81. The van der Waals surface area contributed by atoms with E-state index in [1.165, 1.54) is 7.11 Å². The molecular weight excluding hydrogens is 386 g/mol. The summed E-state index contributed by atoms with van der Waals surface area (Å²) in [6, 6.07) is 16.1. The molecule has 3 N–H and O–H groups in total. The number of aromatic hydroxyl groups is 1. The van der Waals surface area contributed by atoms with E-state index in [0.29, 0.717) is 5.75 Å². The number of aromatic nitrogens is 1. The van der Waals surface area contributed by atoms with Gasteiger partial charge < -0.3 is 20.1 Å². The van der Waals surface area contributed by atoms with Crippen molar-refractivity contribution in [2.45, 2.75) is 19.3 Å². The molecule has 0 aliphatic heterocycles. The van der Waals surface area contributed by atoms with Crippen molar-refractivity contribution in [3.05, 3.63) is 88.2 Å². The minimum Gasteiger partial charge on any atom is -0.505 e. The van der Waals surface area contributed by atoms with Crippen LogP contribution in [0.5, 0.6) is 11.5 Å². The smallest absolute Gasteiger partial charge is 0.340 e. The van der Waals surface area contributed by atoms with Crippen LogP contribution in [-0.4, -0.2) is 39.4 Å². The predicted molar refractivity (Wildman–Crippen MR) is 110 cm³/mol. The largest absolute Gasteiger partial charge is 0.505 e. The molecule has 2 aromatic carbocycles. The van der Waals surface area contributed by atoms with Crippen LogP contribution in [0, 0.1) is 0 Å². The van der Waals surface area contributed by atoms with Gasteiger partial charge in [0.2, 0.25) is 0 Å². The first-order chi connectivity index (χ1) is 14.3. The van der Waals surface area contributed by atoms with Crippen LogP contribution < -0.4 is 4.74 Å². The number of pyridine rings is 1. The summed E-state index contributed by atoms with van der Waals surface area (Å²) in [4.78, 5) is 28.3. The van der Waals surface area contributed by atoms with Gasteiger partial charge >= 0.3 is 11.9 Å². The molecule has 3 rings (SSSR count). The Bertz CT molecular complexity index is 1080. The Morgan fingerprint density at radius 1 is 0.967 bits per heavy atom. The van der Waals surface area contributed by atoms with Crippen molar-refractivity contribution >= 4 is 11.9 Å². The average Bonchev–Trinajstić information content (AvgIpc) is 2.74. The van der Waals surface area contributed by atoms with E-state index in [4.69, 9.17) is 4.74 Å². The van der Waals surface area contributed by atoms with E-state index >= 15 is 0 Å². The number of methoxy groups -OCH3 is 1. The first kappa shape index (κ1) is 20.9. The number of hydrogen-bond acceptors (Lipinski definition) is 5. The molecule has 0 amide bonds. The van der Waals surface area contributed by atoms with Gasteiger partial charge in [0, 0.05) is 12.3 Å². The van der Waals surface area contributed by atoms with E-state index in [2.05, 4.69) is 4.98 Å². The SMILES string of the molecule is COc1ccc(C(C)c2nc(Cc3ccccc3)c(O)c(C(=O)O)c2C(=O)O)cc1. The number of carboxylic acids is 2. The van der Waals surface area contributed by atoms with Crippen molar-refractivity contribution in [2.75, 3.05) is 7.11 Å². The van der Waals surface area contributed by atoms with Gasteiger partial charge in [0.1, 0.15) is 11.3 Å². The Hall–Kier alpha value is -3.87. The van der Waals surface area contributed by atoms with Crippen LogP contribution in [0.25, 0.3) is 0 Å². The van der Waals surface area contributed by atoms with Crippen LogP contribution >= 0.6 is 0 Å². The highest BCUT2D eigenvalue weighted by Crippen LogP contribution is 2.35. The monoisotopic (exact) mass is 407 g/mol. The normalized spacial score (nSPS) is 11.7. The summed E-state index contributed by atoms with van der Waals surface area (Å²) < 4.78 is 5.15. The summed E-state index contributed by atoms with van der Waals surface area (Å²) in [5.41, 5.74) is 0.563. The maximum absolute atomic E-state index is 12.0. The summed E-state index contributed by atoms with van der Waals surface area (Å²) in [6.07, 6.45) is 0.162. The number of carboxylic acid groups (broad SMARTS) is 2. The van der Waals surface area contributed by atoms with Crippen LogP contribution in [-0.2, 0) is 6.42 Å². The second kappa shape index (κ2) is 8.65. The van der Waals surface area contributed by atoms with E-state index in [0.717, 1.165) is 11.1 Å². The number of aromatic carboxylic acids is 2. The van der Waals surface area contributed by atoms with E-state index in [9.17, 15) is 24.9 Å². The second-order valence-corrected chi connectivity index (χ2v) is 6.81. The standard InChI is InChI=1S/C23H21NO6/c1-13(15-8-10-16(30-2)11-9-15)20-18(22(26)27)19(23(28)29)21(25)17(24-20)12-14-6-4-3-5-7-14/h3-11,13,25H,12H2,1-2H3,(H,26,27)(H,28,29). The Labute approximate surface area is 173 Å². The van der Waals surface area contributed by atoms with Gasteiger partial charge in [-0.25, -0.2) is 9.59 Å². The minimum absolute atomic E-state index is 0.0776. The number of hydrogen-bond donors (Lipinski definition) is 3. The molecule has 0 fully saturated rings. The maximum Gasteiger partial charge on any atom is 0.340 e. The van der Waals surface area contributed by atoms with E-state index < -0.39 is 34.7 Å². The molecule has 1 atom stereocenters. The lowest BCUT2D eigenvalue weighted by atomic mass is 9.90. The zero-order valence-electron chi connectivity index (χ0n) is 16.5. The molecular formula is C23H21NO6. The molecule has 7 heteroatoms. The zero-order chi connectivity index (χ0) is 21.8. The highest BCUT2D eigenvalue weighted by molar-refractivity contribution is 6.04. The predicted octanol–water partition coefficient (Wildman–Crippen LogP) is 3.93. The molecule has 1 heterocycles. The Morgan fingerprint density at radius 2 is 1.57 bits per heavy atom. The van der Waals surface area contributed by atoms with Crippen molar-refractivity contribution in [3.8, 4) is 11.5 Å². The summed E-state index contributed by atoms with van der Waals surface area (Å²) >= 11 is 0. The molecule has 0 bridgehead atoms. The third-order valence-corrected chi connectivity index (χ3v) is 4.94. The Kier molecular flexibility index (Phi) is 6.01. The Morgan fingerprint density at radius 3 is 2.10 bits per heavy atom. The van der Waals surface area contributed by atoms with Crippen LogP contribution in [0.15, 0.2) is 54.6 Å². The fourth-order valence-electron chi connectivity index (χ4n) is 3.35. The van der Waals surface area contributed by atoms with Crippen molar-refractivity contribution in [1.82, 2.24) is 4.98 Å². The molecule has 0 spiro atoms. The summed E-state index contributed by atoms with van der Waals surface area (Å²) in [6.45, 7) is 1.74. The quantitative estimate of drug-likeness (QED) is 0.543. The molecule has 154 valence electrons.